The summed E-state index contributed by atoms with van der Waals surface area (Å²) >= 11 is 6.17. The van der Waals surface area contributed by atoms with Gasteiger partial charge in [-0.2, -0.15) is 0 Å². The number of hydrogen-bond acceptors (Lipinski definition) is 4. The average molecular weight is 324 g/mol. The lowest BCUT2D eigenvalue weighted by atomic mass is 10.0. The maximum Gasteiger partial charge on any atom is 0.270 e. The Balaban J connectivity index is 1.48. The summed E-state index contributed by atoms with van der Waals surface area (Å²) < 4.78 is 0. The van der Waals surface area contributed by atoms with Gasteiger partial charge in [0.15, 0.2) is 0 Å². The molecule has 6 heteroatoms. The Hall–Kier alpha value is -1.17. The Kier molecular flexibility index (Phi) is 4.96. The molecule has 0 bridgehead atoms. The van der Waals surface area contributed by atoms with Crippen molar-refractivity contribution in [3.63, 3.8) is 0 Å². The Morgan fingerprint density at radius 2 is 2.00 bits per heavy atom. The first-order valence-corrected chi connectivity index (χ1v) is 8.38. The lowest BCUT2D eigenvalue weighted by Gasteiger charge is -2.32. The van der Waals surface area contributed by atoms with Crippen LogP contribution in [0.4, 0.5) is 5.69 Å². The van der Waals surface area contributed by atoms with Gasteiger partial charge in [0.1, 0.15) is 0 Å². The van der Waals surface area contributed by atoms with Crippen LogP contribution >= 0.6 is 11.6 Å². The van der Waals surface area contributed by atoms with Gasteiger partial charge >= 0.3 is 0 Å². The van der Waals surface area contributed by atoms with E-state index in [9.17, 15) is 10.1 Å². The van der Waals surface area contributed by atoms with Gasteiger partial charge in [0.05, 0.1) is 9.95 Å². The van der Waals surface area contributed by atoms with E-state index in [0.717, 1.165) is 44.0 Å². The lowest BCUT2D eigenvalue weighted by molar-refractivity contribution is -0.384. The van der Waals surface area contributed by atoms with Gasteiger partial charge in [-0.3, -0.25) is 15.0 Å². The molecule has 3 rings (SSSR count). The van der Waals surface area contributed by atoms with Gasteiger partial charge in [-0.25, -0.2) is 0 Å². The van der Waals surface area contributed by atoms with Crippen LogP contribution in [-0.2, 0) is 6.54 Å². The third-order valence-electron chi connectivity index (χ3n) is 4.62. The molecule has 0 atom stereocenters. The predicted octanol–water partition coefficient (Wildman–Crippen LogP) is 3.21. The van der Waals surface area contributed by atoms with Gasteiger partial charge in [0, 0.05) is 24.7 Å². The van der Waals surface area contributed by atoms with Crippen LogP contribution in [-0.4, -0.2) is 35.5 Å². The van der Waals surface area contributed by atoms with E-state index < -0.39 is 4.92 Å². The summed E-state index contributed by atoms with van der Waals surface area (Å²) in [4.78, 5) is 12.7. The van der Waals surface area contributed by atoms with Crippen LogP contribution in [0.1, 0.15) is 31.2 Å². The number of halogens is 1. The zero-order chi connectivity index (χ0) is 15.5. The van der Waals surface area contributed by atoms with Crippen molar-refractivity contribution in [1.29, 1.82) is 0 Å². The Labute approximate surface area is 135 Å². The molecule has 1 aliphatic heterocycles. The molecule has 120 valence electrons. The number of hydrogen-bond donors (Lipinski definition) is 1. The molecule has 1 N–H and O–H groups in total. The molecule has 0 spiro atoms. The van der Waals surface area contributed by atoms with Crippen LogP contribution in [0.15, 0.2) is 18.2 Å². The van der Waals surface area contributed by atoms with Crippen LogP contribution in [0.25, 0.3) is 0 Å². The topological polar surface area (TPSA) is 58.4 Å². The van der Waals surface area contributed by atoms with E-state index in [1.807, 2.05) is 0 Å². The fourth-order valence-electron chi connectivity index (χ4n) is 2.97. The van der Waals surface area contributed by atoms with Crippen molar-refractivity contribution in [3.05, 3.63) is 38.9 Å². The normalized spacial score (nSPS) is 20.2. The highest BCUT2D eigenvalue weighted by atomic mass is 35.5. The summed E-state index contributed by atoms with van der Waals surface area (Å²) in [5.41, 5.74) is 1.02. The first-order valence-electron chi connectivity index (χ1n) is 8.00. The van der Waals surface area contributed by atoms with E-state index in [1.165, 1.54) is 31.5 Å². The molecule has 2 aliphatic rings. The van der Waals surface area contributed by atoms with Crippen molar-refractivity contribution in [1.82, 2.24) is 10.2 Å². The molecule has 1 heterocycles. The summed E-state index contributed by atoms with van der Waals surface area (Å²) in [6.45, 7) is 4.05. The van der Waals surface area contributed by atoms with Crippen molar-refractivity contribution in [3.8, 4) is 0 Å². The van der Waals surface area contributed by atoms with E-state index in [2.05, 4.69) is 10.2 Å². The molecule has 1 saturated carbocycles. The third kappa shape index (κ3) is 4.18. The second kappa shape index (κ2) is 6.94. The van der Waals surface area contributed by atoms with Crippen LogP contribution in [0, 0.1) is 16.0 Å². The van der Waals surface area contributed by atoms with Crippen LogP contribution in [0.3, 0.4) is 0 Å². The molecule has 0 radical (unpaired) electrons. The third-order valence-corrected chi connectivity index (χ3v) is 4.97. The zero-order valence-corrected chi connectivity index (χ0v) is 13.4. The molecule has 5 nitrogen and oxygen atoms in total. The summed E-state index contributed by atoms with van der Waals surface area (Å²) in [7, 11) is 0. The minimum atomic E-state index is -0.410. The molecule has 1 aromatic carbocycles. The van der Waals surface area contributed by atoms with Gasteiger partial charge in [0.2, 0.25) is 0 Å². The van der Waals surface area contributed by atoms with Crippen molar-refractivity contribution in [2.75, 3.05) is 19.6 Å². The number of nitro benzene ring substituents is 1. The van der Waals surface area contributed by atoms with E-state index in [0.29, 0.717) is 11.1 Å². The second-order valence-electron chi connectivity index (χ2n) is 6.43. The van der Waals surface area contributed by atoms with Gasteiger partial charge in [-0.1, -0.05) is 11.6 Å². The van der Waals surface area contributed by atoms with Crippen molar-refractivity contribution in [2.24, 2.45) is 5.92 Å². The number of nitro groups is 1. The molecule has 2 fully saturated rings. The monoisotopic (exact) mass is 323 g/mol. The van der Waals surface area contributed by atoms with Crippen molar-refractivity contribution >= 4 is 17.3 Å². The van der Waals surface area contributed by atoms with E-state index in [1.54, 1.807) is 6.07 Å². The fourth-order valence-corrected chi connectivity index (χ4v) is 3.20. The van der Waals surface area contributed by atoms with Crippen LogP contribution in [0.2, 0.25) is 5.02 Å². The largest absolute Gasteiger partial charge is 0.314 e. The zero-order valence-electron chi connectivity index (χ0n) is 12.6. The first-order chi connectivity index (χ1) is 10.6. The number of nitrogens with zero attached hydrogens (tertiary/aromatic N) is 2. The molecule has 0 unspecified atom stereocenters. The summed E-state index contributed by atoms with van der Waals surface area (Å²) in [5.74, 6) is 0.928. The Bertz CT molecular complexity index is 540. The summed E-state index contributed by atoms with van der Waals surface area (Å²) in [6.07, 6.45) is 5.11. The SMILES string of the molecule is O=[N+]([O-])c1ccc(CN2CCC(NCC3CC3)CC2)c(Cl)c1. The fraction of sp³-hybridized carbons (Fsp3) is 0.625. The highest BCUT2D eigenvalue weighted by molar-refractivity contribution is 6.31. The molecular weight excluding hydrogens is 302 g/mol. The number of non-ortho nitro benzene ring substituents is 1. The molecule has 22 heavy (non-hydrogen) atoms. The summed E-state index contributed by atoms with van der Waals surface area (Å²) in [6, 6.07) is 5.40. The van der Waals surface area contributed by atoms with Gasteiger partial charge in [-0.15, -0.1) is 0 Å². The number of rotatable bonds is 6. The first kappa shape index (κ1) is 15.7. The Morgan fingerprint density at radius 1 is 1.27 bits per heavy atom. The molecule has 0 amide bonds. The molecule has 1 saturated heterocycles. The molecule has 1 aliphatic carbocycles. The smallest absolute Gasteiger partial charge is 0.270 e. The Morgan fingerprint density at radius 3 is 2.59 bits per heavy atom. The van der Waals surface area contributed by atoms with E-state index >= 15 is 0 Å². The summed E-state index contributed by atoms with van der Waals surface area (Å²) in [5, 5.41) is 14.9. The highest BCUT2D eigenvalue weighted by Gasteiger charge is 2.24. The minimum Gasteiger partial charge on any atom is -0.314 e. The number of nitrogens with one attached hydrogen (secondary N) is 1. The van der Waals surface area contributed by atoms with Gasteiger partial charge < -0.3 is 5.32 Å². The maximum absolute atomic E-state index is 10.7. The van der Waals surface area contributed by atoms with E-state index in [4.69, 9.17) is 11.6 Å². The van der Waals surface area contributed by atoms with Crippen LogP contribution < -0.4 is 5.32 Å². The number of likely N-dealkylation sites (tertiary alicyclic amines) is 1. The lowest BCUT2D eigenvalue weighted by Crippen LogP contribution is -2.42. The predicted molar refractivity (Wildman–Crippen MR) is 87.1 cm³/mol. The van der Waals surface area contributed by atoms with Crippen LogP contribution in [0.5, 0.6) is 0 Å². The molecular formula is C16H22ClN3O2. The molecule has 0 aromatic heterocycles. The maximum atomic E-state index is 10.7. The number of benzene rings is 1. The highest BCUT2D eigenvalue weighted by Crippen LogP contribution is 2.28. The minimum absolute atomic E-state index is 0.0525. The van der Waals surface area contributed by atoms with Gasteiger partial charge in [-0.05, 0) is 62.9 Å². The second-order valence-corrected chi connectivity index (χ2v) is 6.84. The van der Waals surface area contributed by atoms with Crippen molar-refractivity contribution in [2.45, 2.75) is 38.3 Å². The van der Waals surface area contributed by atoms with Crippen molar-refractivity contribution < 1.29 is 4.92 Å². The number of piperidine rings is 1. The molecule has 1 aromatic rings. The quantitative estimate of drug-likeness (QED) is 0.645. The van der Waals surface area contributed by atoms with Gasteiger partial charge in [0.25, 0.3) is 5.69 Å². The average Bonchev–Trinajstić information content (AvgIpc) is 3.32. The van der Waals surface area contributed by atoms with E-state index in [-0.39, 0.29) is 5.69 Å². The standard InChI is InChI=1S/C16H22ClN3O2/c17-16-9-15(20(21)22)4-3-13(16)11-19-7-5-14(6-8-19)18-10-12-1-2-12/h3-4,9,12,14,18H,1-2,5-8,10-11H2.